The second kappa shape index (κ2) is 8.00. The molecule has 5 heteroatoms. The van der Waals surface area contributed by atoms with Crippen LogP contribution in [-0.2, 0) is 14.3 Å². The molecule has 1 saturated heterocycles. The Labute approximate surface area is 149 Å². The third-order valence-electron chi connectivity index (χ3n) is 5.43. The van der Waals surface area contributed by atoms with Crippen molar-refractivity contribution < 1.29 is 14.3 Å². The number of aryl methyl sites for hydroxylation is 1. The average Bonchev–Trinajstić information content (AvgIpc) is 3.02. The Kier molecular flexibility index (Phi) is 5.74. The van der Waals surface area contributed by atoms with Crippen LogP contribution in [0.3, 0.4) is 0 Å². The SMILES string of the molecule is Cc1cccc(NC(=O)CN(CC2CCCO2)C(=O)C2CCC2)c1C. The molecule has 1 aromatic rings. The number of carbonyl (C=O) groups is 2. The lowest BCUT2D eigenvalue weighted by molar-refractivity contribution is -0.142. The highest BCUT2D eigenvalue weighted by Gasteiger charge is 2.32. The maximum atomic E-state index is 12.7. The van der Waals surface area contributed by atoms with Crippen molar-refractivity contribution in [1.29, 1.82) is 0 Å². The van der Waals surface area contributed by atoms with Gasteiger partial charge in [0.2, 0.25) is 11.8 Å². The largest absolute Gasteiger partial charge is 0.376 e. The van der Waals surface area contributed by atoms with Gasteiger partial charge in [-0.25, -0.2) is 0 Å². The van der Waals surface area contributed by atoms with E-state index in [0.717, 1.165) is 55.5 Å². The molecule has 1 unspecified atom stereocenters. The summed E-state index contributed by atoms with van der Waals surface area (Å²) in [6.07, 6.45) is 5.06. The average molecular weight is 344 g/mol. The Balaban J connectivity index is 1.64. The highest BCUT2D eigenvalue weighted by atomic mass is 16.5. The molecule has 2 aliphatic rings. The van der Waals surface area contributed by atoms with Crippen molar-refractivity contribution >= 4 is 17.5 Å². The first-order valence-corrected chi connectivity index (χ1v) is 9.31. The van der Waals surface area contributed by atoms with Gasteiger partial charge in [0.15, 0.2) is 0 Å². The van der Waals surface area contributed by atoms with Gasteiger partial charge in [-0.1, -0.05) is 18.6 Å². The number of amides is 2. The summed E-state index contributed by atoms with van der Waals surface area (Å²) in [7, 11) is 0. The summed E-state index contributed by atoms with van der Waals surface area (Å²) in [5.41, 5.74) is 3.02. The number of anilines is 1. The Morgan fingerprint density at radius 2 is 2.00 bits per heavy atom. The van der Waals surface area contributed by atoms with E-state index in [1.165, 1.54) is 0 Å². The van der Waals surface area contributed by atoms with Crippen LogP contribution < -0.4 is 5.32 Å². The van der Waals surface area contributed by atoms with Crippen molar-refractivity contribution in [2.75, 3.05) is 25.0 Å². The lowest BCUT2D eigenvalue weighted by Gasteiger charge is -2.32. The number of rotatable bonds is 6. The van der Waals surface area contributed by atoms with Crippen molar-refractivity contribution in [1.82, 2.24) is 4.90 Å². The first kappa shape index (κ1) is 17.9. The summed E-state index contributed by atoms with van der Waals surface area (Å²) in [5.74, 6) is 0.0622. The molecule has 0 radical (unpaired) electrons. The molecule has 0 aromatic heterocycles. The maximum absolute atomic E-state index is 12.7. The van der Waals surface area contributed by atoms with Crippen molar-refractivity contribution in [3.05, 3.63) is 29.3 Å². The molecule has 0 spiro atoms. The van der Waals surface area contributed by atoms with Gasteiger partial charge >= 0.3 is 0 Å². The van der Waals surface area contributed by atoms with E-state index in [9.17, 15) is 9.59 Å². The number of carbonyl (C=O) groups excluding carboxylic acids is 2. The lowest BCUT2D eigenvalue weighted by Crippen LogP contribution is -2.46. The van der Waals surface area contributed by atoms with Crippen LogP contribution in [0.1, 0.15) is 43.2 Å². The first-order valence-electron chi connectivity index (χ1n) is 9.31. The summed E-state index contributed by atoms with van der Waals surface area (Å²) >= 11 is 0. The number of benzene rings is 1. The van der Waals surface area contributed by atoms with Gasteiger partial charge in [-0.2, -0.15) is 0 Å². The zero-order valence-corrected chi connectivity index (χ0v) is 15.2. The van der Waals surface area contributed by atoms with E-state index in [-0.39, 0.29) is 30.4 Å². The summed E-state index contributed by atoms with van der Waals surface area (Å²) in [6.45, 7) is 5.40. The van der Waals surface area contributed by atoms with Gasteiger partial charge in [0.1, 0.15) is 0 Å². The summed E-state index contributed by atoms with van der Waals surface area (Å²) in [4.78, 5) is 27.0. The Hall–Kier alpha value is -1.88. The van der Waals surface area contributed by atoms with E-state index in [4.69, 9.17) is 4.74 Å². The van der Waals surface area contributed by atoms with E-state index in [2.05, 4.69) is 5.32 Å². The van der Waals surface area contributed by atoms with Gasteiger partial charge in [-0.15, -0.1) is 0 Å². The molecule has 1 saturated carbocycles. The van der Waals surface area contributed by atoms with Crippen LogP contribution in [0.15, 0.2) is 18.2 Å². The number of hydrogen-bond acceptors (Lipinski definition) is 3. The molecule has 1 aliphatic carbocycles. The first-order chi connectivity index (χ1) is 12.0. The van der Waals surface area contributed by atoms with E-state index < -0.39 is 0 Å². The van der Waals surface area contributed by atoms with Crippen LogP contribution in [0, 0.1) is 19.8 Å². The normalized spacial score (nSPS) is 20.2. The van der Waals surface area contributed by atoms with E-state index in [0.29, 0.717) is 6.54 Å². The minimum atomic E-state index is -0.139. The van der Waals surface area contributed by atoms with Crippen LogP contribution in [0.5, 0.6) is 0 Å². The van der Waals surface area contributed by atoms with Crippen LogP contribution in [0.4, 0.5) is 5.69 Å². The van der Waals surface area contributed by atoms with Crippen LogP contribution in [0.2, 0.25) is 0 Å². The van der Waals surface area contributed by atoms with Crippen molar-refractivity contribution in [2.24, 2.45) is 5.92 Å². The van der Waals surface area contributed by atoms with Gasteiger partial charge in [-0.3, -0.25) is 9.59 Å². The molecule has 0 bridgehead atoms. The fraction of sp³-hybridized carbons (Fsp3) is 0.600. The zero-order valence-electron chi connectivity index (χ0n) is 15.2. The number of hydrogen-bond donors (Lipinski definition) is 1. The van der Waals surface area contributed by atoms with Crippen LogP contribution >= 0.6 is 0 Å². The third kappa shape index (κ3) is 4.40. The monoisotopic (exact) mass is 344 g/mol. The smallest absolute Gasteiger partial charge is 0.244 e. The number of ether oxygens (including phenoxy) is 1. The van der Waals surface area contributed by atoms with Crippen molar-refractivity contribution in [3.63, 3.8) is 0 Å². The molecule has 1 atom stereocenters. The molecule has 3 rings (SSSR count). The molecular formula is C20H28N2O3. The number of nitrogens with zero attached hydrogens (tertiary/aromatic N) is 1. The standard InChI is InChI=1S/C20H28N2O3/c1-14-6-3-10-18(15(14)2)21-19(23)13-22(12-17-9-5-11-25-17)20(24)16-7-4-8-16/h3,6,10,16-17H,4-5,7-9,11-13H2,1-2H3,(H,21,23). The van der Waals surface area contributed by atoms with Crippen molar-refractivity contribution in [3.8, 4) is 0 Å². The fourth-order valence-corrected chi connectivity index (χ4v) is 3.43. The summed E-state index contributed by atoms with van der Waals surface area (Å²) in [6, 6.07) is 5.86. The third-order valence-corrected chi connectivity index (χ3v) is 5.43. The second-order valence-electron chi connectivity index (χ2n) is 7.28. The highest BCUT2D eigenvalue weighted by molar-refractivity contribution is 5.95. The van der Waals surface area contributed by atoms with E-state index in [1.54, 1.807) is 4.90 Å². The van der Waals surface area contributed by atoms with Crippen molar-refractivity contribution in [2.45, 2.75) is 52.1 Å². The van der Waals surface area contributed by atoms with Gasteiger partial charge in [-0.05, 0) is 56.7 Å². The van der Waals surface area contributed by atoms with Gasteiger partial charge < -0.3 is 15.0 Å². The molecule has 1 aromatic carbocycles. The van der Waals surface area contributed by atoms with Crippen LogP contribution in [-0.4, -0.2) is 42.5 Å². The molecule has 1 aliphatic heterocycles. The minimum Gasteiger partial charge on any atom is -0.376 e. The van der Waals surface area contributed by atoms with Gasteiger partial charge in [0.25, 0.3) is 0 Å². The molecule has 136 valence electrons. The molecule has 1 heterocycles. The highest BCUT2D eigenvalue weighted by Crippen LogP contribution is 2.29. The van der Waals surface area contributed by atoms with E-state index >= 15 is 0 Å². The summed E-state index contributed by atoms with van der Waals surface area (Å²) in [5, 5.41) is 2.96. The molecule has 5 nitrogen and oxygen atoms in total. The van der Waals surface area contributed by atoms with E-state index in [1.807, 2.05) is 32.0 Å². The Bertz CT molecular complexity index is 634. The van der Waals surface area contributed by atoms with Crippen LogP contribution in [0.25, 0.3) is 0 Å². The Morgan fingerprint density at radius 3 is 2.64 bits per heavy atom. The molecule has 2 fully saturated rings. The molecular weight excluding hydrogens is 316 g/mol. The predicted octanol–water partition coefficient (Wildman–Crippen LogP) is 3.05. The number of nitrogens with one attached hydrogen (secondary N) is 1. The molecule has 2 amide bonds. The quantitative estimate of drug-likeness (QED) is 0.863. The van der Waals surface area contributed by atoms with Gasteiger partial charge in [0.05, 0.1) is 12.6 Å². The van der Waals surface area contributed by atoms with Gasteiger partial charge in [0, 0.05) is 24.8 Å². The zero-order chi connectivity index (χ0) is 17.8. The second-order valence-corrected chi connectivity index (χ2v) is 7.28. The minimum absolute atomic E-state index is 0.0672. The lowest BCUT2D eigenvalue weighted by atomic mass is 9.84. The maximum Gasteiger partial charge on any atom is 0.244 e. The predicted molar refractivity (Wildman–Crippen MR) is 97.4 cm³/mol. The Morgan fingerprint density at radius 1 is 1.20 bits per heavy atom. The summed E-state index contributed by atoms with van der Waals surface area (Å²) < 4.78 is 5.67. The molecule has 25 heavy (non-hydrogen) atoms. The fourth-order valence-electron chi connectivity index (χ4n) is 3.43. The topological polar surface area (TPSA) is 58.6 Å². The molecule has 1 N–H and O–H groups in total.